The Morgan fingerprint density at radius 1 is 0.350 bits per heavy atom. The molecular formula is C54H86O6. The van der Waals surface area contributed by atoms with E-state index >= 15 is 0 Å². The maximum Gasteiger partial charge on any atom is 0.306 e. The fraction of sp³-hybridized carbons (Fsp3) is 0.611. The molecule has 6 heteroatoms. The zero-order valence-electron chi connectivity index (χ0n) is 38.4. The molecule has 0 aliphatic rings. The summed E-state index contributed by atoms with van der Waals surface area (Å²) in [6.45, 7) is 6.32. The second kappa shape index (κ2) is 47.7. The molecule has 0 fully saturated rings. The van der Waals surface area contributed by atoms with E-state index in [2.05, 4.69) is 75.5 Å². The molecule has 0 saturated carbocycles. The summed E-state index contributed by atoms with van der Waals surface area (Å²) >= 11 is 0. The van der Waals surface area contributed by atoms with Gasteiger partial charge in [0.25, 0.3) is 0 Å². The minimum atomic E-state index is -0.827. The van der Waals surface area contributed by atoms with Crippen LogP contribution in [0.25, 0.3) is 0 Å². The van der Waals surface area contributed by atoms with E-state index in [9.17, 15) is 14.4 Å². The molecule has 0 heterocycles. The van der Waals surface area contributed by atoms with Gasteiger partial charge in [-0.1, -0.05) is 207 Å². The van der Waals surface area contributed by atoms with E-state index in [1.54, 1.807) is 0 Å². The quantitative estimate of drug-likeness (QED) is 0.0201. The van der Waals surface area contributed by atoms with Crippen LogP contribution in [0.2, 0.25) is 0 Å². The number of hydrogen-bond acceptors (Lipinski definition) is 6. The van der Waals surface area contributed by atoms with Crippen LogP contribution in [0.15, 0.2) is 109 Å². The average molecular weight is 831 g/mol. The van der Waals surface area contributed by atoms with Gasteiger partial charge in [-0.3, -0.25) is 14.4 Å². The lowest BCUT2D eigenvalue weighted by molar-refractivity contribution is -0.167. The summed E-state index contributed by atoms with van der Waals surface area (Å²) < 4.78 is 16.6. The van der Waals surface area contributed by atoms with Crippen molar-refractivity contribution in [2.75, 3.05) is 13.2 Å². The maximum absolute atomic E-state index is 12.7. The molecule has 0 aromatic heterocycles. The molecule has 0 aliphatic carbocycles. The van der Waals surface area contributed by atoms with Crippen LogP contribution in [0.3, 0.4) is 0 Å². The van der Waals surface area contributed by atoms with Gasteiger partial charge < -0.3 is 14.2 Å². The molecule has 0 aromatic carbocycles. The van der Waals surface area contributed by atoms with Crippen LogP contribution in [0.4, 0.5) is 0 Å². The predicted octanol–water partition coefficient (Wildman–Crippen LogP) is 15.6. The van der Waals surface area contributed by atoms with Crippen molar-refractivity contribution in [3.05, 3.63) is 109 Å². The van der Waals surface area contributed by atoms with Crippen LogP contribution in [-0.2, 0) is 28.6 Å². The van der Waals surface area contributed by atoms with Crippen molar-refractivity contribution in [1.29, 1.82) is 0 Å². The lowest BCUT2D eigenvalue weighted by Crippen LogP contribution is -2.30. The molecule has 0 bridgehead atoms. The highest BCUT2D eigenvalue weighted by molar-refractivity contribution is 5.71. The van der Waals surface area contributed by atoms with Crippen molar-refractivity contribution in [3.63, 3.8) is 0 Å². The Bertz CT molecular complexity index is 1280. The Labute approximate surface area is 368 Å². The van der Waals surface area contributed by atoms with Crippen molar-refractivity contribution in [3.8, 4) is 0 Å². The van der Waals surface area contributed by atoms with Gasteiger partial charge in [0.2, 0.25) is 0 Å². The minimum Gasteiger partial charge on any atom is -0.462 e. The van der Waals surface area contributed by atoms with Gasteiger partial charge in [-0.15, -0.1) is 0 Å². The molecule has 0 aliphatic heterocycles. The largest absolute Gasteiger partial charge is 0.462 e. The zero-order valence-corrected chi connectivity index (χ0v) is 38.4. The Morgan fingerprint density at radius 2 is 0.700 bits per heavy atom. The van der Waals surface area contributed by atoms with E-state index in [0.29, 0.717) is 19.3 Å². The molecule has 0 radical (unpaired) electrons. The number of hydrogen-bond donors (Lipinski definition) is 0. The molecule has 0 saturated heterocycles. The average Bonchev–Trinajstić information content (AvgIpc) is 3.24. The third-order valence-corrected chi connectivity index (χ3v) is 9.67. The summed E-state index contributed by atoms with van der Waals surface area (Å²) in [4.78, 5) is 37.8. The Hall–Kier alpha value is -3.93. The van der Waals surface area contributed by atoms with Crippen molar-refractivity contribution in [2.45, 2.75) is 200 Å². The number of ether oxygens (including phenoxy) is 3. The van der Waals surface area contributed by atoms with Crippen molar-refractivity contribution < 1.29 is 28.6 Å². The van der Waals surface area contributed by atoms with Gasteiger partial charge in [0.1, 0.15) is 13.2 Å². The van der Waals surface area contributed by atoms with Gasteiger partial charge in [-0.05, 0) is 77.0 Å². The van der Waals surface area contributed by atoms with Gasteiger partial charge in [0.05, 0.1) is 0 Å². The third kappa shape index (κ3) is 45.2. The van der Waals surface area contributed by atoms with E-state index < -0.39 is 12.1 Å². The van der Waals surface area contributed by atoms with Crippen LogP contribution in [0, 0.1) is 0 Å². The molecule has 0 aromatic rings. The molecule has 6 nitrogen and oxygen atoms in total. The summed E-state index contributed by atoms with van der Waals surface area (Å²) in [5, 5.41) is 0. The number of rotatable bonds is 41. The van der Waals surface area contributed by atoms with Crippen molar-refractivity contribution >= 4 is 17.9 Å². The van der Waals surface area contributed by atoms with Gasteiger partial charge >= 0.3 is 17.9 Å². The van der Waals surface area contributed by atoms with E-state index in [-0.39, 0.29) is 31.6 Å². The normalized spacial score (nSPS) is 13.1. The second-order valence-electron chi connectivity index (χ2n) is 15.5. The van der Waals surface area contributed by atoms with Gasteiger partial charge in [0, 0.05) is 19.3 Å². The SMILES string of the molecule is CC\C=C/C=C\C=C/C=C\C=C/CCCC(=O)OC(COC(=O)CCCCCCC\C=C/C=C\C=C/CCCCCCC)COC(=O)CCCCCCC/C=C\CCCC. The van der Waals surface area contributed by atoms with E-state index in [0.717, 1.165) is 89.9 Å². The fourth-order valence-electron chi connectivity index (χ4n) is 6.04. The number of carbonyl (C=O) groups is 3. The molecular weight excluding hydrogens is 745 g/mol. The minimum absolute atomic E-state index is 0.120. The predicted molar refractivity (Wildman–Crippen MR) is 256 cm³/mol. The Morgan fingerprint density at radius 3 is 1.17 bits per heavy atom. The highest BCUT2D eigenvalue weighted by atomic mass is 16.6. The van der Waals surface area contributed by atoms with Crippen LogP contribution in [-0.4, -0.2) is 37.2 Å². The molecule has 60 heavy (non-hydrogen) atoms. The third-order valence-electron chi connectivity index (χ3n) is 9.67. The Balaban J connectivity index is 4.53. The van der Waals surface area contributed by atoms with Crippen LogP contribution in [0.5, 0.6) is 0 Å². The van der Waals surface area contributed by atoms with Crippen LogP contribution < -0.4 is 0 Å². The maximum atomic E-state index is 12.7. The molecule has 0 amide bonds. The number of allylic oxidation sites excluding steroid dienone is 18. The zero-order chi connectivity index (χ0) is 43.7. The van der Waals surface area contributed by atoms with Crippen molar-refractivity contribution in [2.24, 2.45) is 0 Å². The first-order chi connectivity index (χ1) is 29.5. The molecule has 338 valence electrons. The van der Waals surface area contributed by atoms with Crippen molar-refractivity contribution in [1.82, 2.24) is 0 Å². The topological polar surface area (TPSA) is 78.9 Å². The van der Waals surface area contributed by atoms with Crippen LogP contribution in [0.1, 0.15) is 194 Å². The molecule has 0 spiro atoms. The highest BCUT2D eigenvalue weighted by Gasteiger charge is 2.19. The van der Waals surface area contributed by atoms with Gasteiger partial charge in [-0.25, -0.2) is 0 Å². The lowest BCUT2D eigenvalue weighted by Gasteiger charge is -2.18. The monoisotopic (exact) mass is 831 g/mol. The standard InChI is InChI=1S/C54H86O6/c1-4-7-10-13-16-19-22-24-25-26-27-28-30-32-35-38-41-44-47-53(56)59-50-51(49-58-52(55)46-43-40-37-34-31-21-18-15-12-9-6-3)60-54(57)48-45-42-39-36-33-29-23-20-17-14-11-8-5-2/h8,11,14-15,17-18,20,22-29,33,36,39,51H,4-7,9-10,12-13,16,19,21,30-32,34-35,37-38,40-50H2,1-3H3/b11-8-,17-14-,18-15-,23-20-,24-22-,26-25-,28-27-,33-29-,39-36-. The summed E-state index contributed by atoms with van der Waals surface area (Å²) in [5.41, 5.74) is 0. The number of carbonyl (C=O) groups excluding carboxylic acids is 3. The Kier molecular flexibility index (Phi) is 44.6. The molecule has 1 atom stereocenters. The smallest absolute Gasteiger partial charge is 0.306 e. The second-order valence-corrected chi connectivity index (χ2v) is 15.5. The lowest BCUT2D eigenvalue weighted by atomic mass is 10.1. The number of unbranched alkanes of at least 4 members (excludes halogenated alkanes) is 18. The fourth-order valence-corrected chi connectivity index (χ4v) is 6.04. The van der Waals surface area contributed by atoms with E-state index in [1.807, 2.05) is 54.7 Å². The summed E-state index contributed by atoms with van der Waals surface area (Å²) in [6, 6.07) is 0. The van der Waals surface area contributed by atoms with E-state index in [4.69, 9.17) is 14.2 Å². The molecule has 1 unspecified atom stereocenters. The highest BCUT2D eigenvalue weighted by Crippen LogP contribution is 2.12. The summed E-state index contributed by atoms with van der Waals surface area (Å²) in [5.74, 6) is -1.03. The first-order valence-corrected chi connectivity index (χ1v) is 24.0. The molecule has 0 N–H and O–H groups in total. The van der Waals surface area contributed by atoms with Gasteiger partial charge in [0.15, 0.2) is 6.10 Å². The van der Waals surface area contributed by atoms with Crippen LogP contribution >= 0.6 is 0 Å². The van der Waals surface area contributed by atoms with E-state index in [1.165, 1.54) is 57.8 Å². The summed E-state index contributed by atoms with van der Waals surface area (Å²) in [6.07, 6.45) is 63.6. The number of esters is 3. The van der Waals surface area contributed by atoms with Gasteiger partial charge in [-0.2, -0.15) is 0 Å². The molecule has 0 rings (SSSR count). The first kappa shape index (κ1) is 56.1. The summed E-state index contributed by atoms with van der Waals surface area (Å²) in [7, 11) is 0. The first-order valence-electron chi connectivity index (χ1n) is 24.0.